The molecule has 1 amide bonds. The van der Waals surface area contributed by atoms with Gasteiger partial charge in [-0.2, -0.15) is 5.10 Å². The summed E-state index contributed by atoms with van der Waals surface area (Å²) in [5.74, 6) is 1.69. The third-order valence-corrected chi connectivity index (χ3v) is 4.39. The summed E-state index contributed by atoms with van der Waals surface area (Å²) in [5, 5.41) is 5.38. The van der Waals surface area contributed by atoms with E-state index in [2.05, 4.69) is 5.10 Å². The second-order valence-corrected chi connectivity index (χ2v) is 6.14. The molecule has 136 valence electrons. The number of rotatable bonds is 7. The molecule has 0 atom stereocenters. The fourth-order valence-electron chi connectivity index (χ4n) is 2.86. The zero-order valence-corrected chi connectivity index (χ0v) is 15.3. The number of carbonyl (C=O) groups is 1. The van der Waals surface area contributed by atoms with Crippen LogP contribution in [0.1, 0.15) is 12.0 Å². The Kier molecular flexibility index (Phi) is 5.41. The molecule has 1 aromatic heterocycles. The lowest BCUT2D eigenvalue weighted by molar-refractivity contribution is -0.130. The summed E-state index contributed by atoms with van der Waals surface area (Å²) in [6.07, 6.45) is 2.19. The van der Waals surface area contributed by atoms with Gasteiger partial charge in [0.15, 0.2) is 0 Å². The summed E-state index contributed by atoms with van der Waals surface area (Å²) in [6.45, 7) is 1.11. The van der Waals surface area contributed by atoms with Crippen LogP contribution in [0.25, 0.3) is 10.9 Å². The highest BCUT2D eigenvalue weighted by atomic mass is 16.5. The number of methoxy groups -OCH3 is 2. The van der Waals surface area contributed by atoms with Gasteiger partial charge in [0.25, 0.3) is 0 Å². The summed E-state index contributed by atoms with van der Waals surface area (Å²) in [5.41, 5.74) is 2.06. The third-order valence-electron chi connectivity index (χ3n) is 4.39. The number of hydrogen-bond donors (Lipinski definition) is 0. The maximum atomic E-state index is 12.4. The molecule has 0 aliphatic carbocycles. The summed E-state index contributed by atoms with van der Waals surface area (Å²) in [7, 11) is 5.10. The zero-order chi connectivity index (χ0) is 18.5. The van der Waals surface area contributed by atoms with E-state index in [1.165, 1.54) is 0 Å². The van der Waals surface area contributed by atoms with Gasteiger partial charge in [-0.25, -0.2) is 0 Å². The maximum Gasteiger partial charge on any atom is 0.224 e. The SMILES string of the molecule is COc1ccc(CN(C)C(=O)CCn2ncc3cc(OC)ccc32)cc1. The molecule has 0 aliphatic heterocycles. The lowest BCUT2D eigenvalue weighted by atomic mass is 10.2. The molecule has 0 fully saturated rings. The molecule has 0 bridgehead atoms. The van der Waals surface area contributed by atoms with E-state index in [4.69, 9.17) is 9.47 Å². The van der Waals surface area contributed by atoms with Gasteiger partial charge in [0.1, 0.15) is 11.5 Å². The molecule has 3 rings (SSSR count). The number of amides is 1. The van der Waals surface area contributed by atoms with E-state index < -0.39 is 0 Å². The van der Waals surface area contributed by atoms with Gasteiger partial charge >= 0.3 is 0 Å². The monoisotopic (exact) mass is 353 g/mol. The van der Waals surface area contributed by atoms with E-state index in [9.17, 15) is 4.79 Å². The van der Waals surface area contributed by atoms with Crippen molar-refractivity contribution >= 4 is 16.8 Å². The minimum atomic E-state index is 0.0815. The molecule has 0 radical (unpaired) electrons. The van der Waals surface area contributed by atoms with Crippen molar-refractivity contribution in [1.82, 2.24) is 14.7 Å². The van der Waals surface area contributed by atoms with E-state index in [1.807, 2.05) is 54.2 Å². The van der Waals surface area contributed by atoms with E-state index >= 15 is 0 Å². The van der Waals surface area contributed by atoms with Crippen LogP contribution in [0, 0.1) is 0 Å². The Hall–Kier alpha value is -3.02. The van der Waals surface area contributed by atoms with Crippen molar-refractivity contribution in [1.29, 1.82) is 0 Å². The van der Waals surface area contributed by atoms with Gasteiger partial charge in [0, 0.05) is 25.4 Å². The molecule has 2 aromatic carbocycles. The van der Waals surface area contributed by atoms with Crippen molar-refractivity contribution < 1.29 is 14.3 Å². The molecule has 0 spiro atoms. The number of aryl methyl sites for hydroxylation is 1. The van der Waals surface area contributed by atoms with Crippen LogP contribution >= 0.6 is 0 Å². The average molecular weight is 353 g/mol. The summed E-state index contributed by atoms with van der Waals surface area (Å²) >= 11 is 0. The van der Waals surface area contributed by atoms with Gasteiger partial charge in [-0.1, -0.05) is 12.1 Å². The van der Waals surface area contributed by atoms with Gasteiger partial charge in [-0.05, 0) is 35.9 Å². The largest absolute Gasteiger partial charge is 0.497 e. The molecular formula is C20H23N3O3. The molecule has 0 unspecified atom stereocenters. The lowest BCUT2D eigenvalue weighted by Gasteiger charge is -2.17. The van der Waals surface area contributed by atoms with Crippen molar-refractivity contribution in [3.63, 3.8) is 0 Å². The molecule has 0 aliphatic rings. The van der Waals surface area contributed by atoms with E-state index in [1.54, 1.807) is 25.3 Å². The Balaban J connectivity index is 1.59. The van der Waals surface area contributed by atoms with Crippen LogP contribution in [-0.4, -0.2) is 41.9 Å². The second-order valence-electron chi connectivity index (χ2n) is 6.14. The first-order valence-electron chi connectivity index (χ1n) is 8.47. The molecule has 26 heavy (non-hydrogen) atoms. The molecule has 6 nitrogen and oxygen atoms in total. The number of nitrogens with zero attached hydrogens (tertiary/aromatic N) is 3. The Morgan fingerprint density at radius 2 is 1.77 bits per heavy atom. The van der Waals surface area contributed by atoms with Crippen LogP contribution in [0.4, 0.5) is 0 Å². The normalized spacial score (nSPS) is 10.7. The van der Waals surface area contributed by atoms with Crippen molar-refractivity contribution in [3.05, 3.63) is 54.2 Å². The van der Waals surface area contributed by atoms with Crippen molar-refractivity contribution in [2.24, 2.45) is 0 Å². The predicted octanol–water partition coefficient (Wildman–Crippen LogP) is 3.10. The fraction of sp³-hybridized carbons (Fsp3) is 0.300. The van der Waals surface area contributed by atoms with Crippen LogP contribution in [0.15, 0.2) is 48.7 Å². The van der Waals surface area contributed by atoms with Gasteiger partial charge in [0.2, 0.25) is 5.91 Å². The first-order valence-corrected chi connectivity index (χ1v) is 8.47. The predicted molar refractivity (Wildman–Crippen MR) is 100 cm³/mol. The van der Waals surface area contributed by atoms with Crippen molar-refractivity contribution in [3.8, 4) is 11.5 Å². The molecular weight excluding hydrogens is 330 g/mol. The molecule has 0 N–H and O–H groups in total. The number of carbonyl (C=O) groups excluding carboxylic acids is 1. The number of hydrogen-bond acceptors (Lipinski definition) is 4. The zero-order valence-electron chi connectivity index (χ0n) is 15.3. The van der Waals surface area contributed by atoms with Crippen LogP contribution in [0.2, 0.25) is 0 Å². The number of benzene rings is 2. The van der Waals surface area contributed by atoms with Crippen molar-refractivity contribution in [2.45, 2.75) is 19.5 Å². The minimum Gasteiger partial charge on any atom is -0.497 e. The molecule has 6 heteroatoms. The number of aromatic nitrogens is 2. The van der Waals surface area contributed by atoms with Gasteiger partial charge in [-0.15, -0.1) is 0 Å². The van der Waals surface area contributed by atoms with Crippen LogP contribution in [0.5, 0.6) is 11.5 Å². The van der Waals surface area contributed by atoms with Crippen LogP contribution in [0.3, 0.4) is 0 Å². The summed E-state index contributed by atoms with van der Waals surface area (Å²) < 4.78 is 12.2. The highest BCUT2D eigenvalue weighted by Gasteiger charge is 2.11. The van der Waals surface area contributed by atoms with E-state index in [0.717, 1.165) is 28.0 Å². The fourth-order valence-corrected chi connectivity index (χ4v) is 2.86. The molecule has 0 saturated heterocycles. The Morgan fingerprint density at radius 1 is 1.08 bits per heavy atom. The third kappa shape index (κ3) is 3.96. The minimum absolute atomic E-state index is 0.0815. The van der Waals surface area contributed by atoms with Gasteiger partial charge in [-0.3, -0.25) is 9.48 Å². The Labute approximate surface area is 152 Å². The Morgan fingerprint density at radius 3 is 2.46 bits per heavy atom. The van der Waals surface area contributed by atoms with Crippen LogP contribution in [-0.2, 0) is 17.9 Å². The highest BCUT2D eigenvalue weighted by molar-refractivity contribution is 5.80. The Bertz CT molecular complexity index is 887. The first-order chi connectivity index (χ1) is 12.6. The lowest BCUT2D eigenvalue weighted by Crippen LogP contribution is -2.27. The smallest absolute Gasteiger partial charge is 0.224 e. The second kappa shape index (κ2) is 7.91. The molecule has 0 saturated carbocycles. The van der Waals surface area contributed by atoms with Gasteiger partial charge in [0.05, 0.1) is 32.5 Å². The molecule has 3 aromatic rings. The standard InChI is InChI=1S/C20H23N3O3/c1-22(14-15-4-6-17(25-2)7-5-15)20(24)10-11-23-19-9-8-18(26-3)12-16(19)13-21-23/h4-9,12-13H,10-11,14H2,1-3H3. The van der Waals surface area contributed by atoms with E-state index in [-0.39, 0.29) is 5.91 Å². The number of ether oxygens (including phenoxy) is 2. The highest BCUT2D eigenvalue weighted by Crippen LogP contribution is 2.20. The van der Waals surface area contributed by atoms with E-state index in [0.29, 0.717) is 19.5 Å². The first kappa shape index (κ1) is 17.8. The molecule has 1 heterocycles. The van der Waals surface area contributed by atoms with Crippen LogP contribution < -0.4 is 9.47 Å². The van der Waals surface area contributed by atoms with Gasteiger partial charge < -0.3 is 14.4 Å². The summed E-state index contributed by atoms with van der Waals surface area (Å²) in [6, 6.07) is 13.5. The topological polar surface area (TPSA) is 56.6 Å². The number of fused-ring (bicyclic) bond motifs is 1. The summed E-state index contributed by atoms with van der Waals surface area (Å²) in [4.78, 5) is 14.2. The average Bonchev–Trinajstić information content (AvgIpc) is 3.08. The quantitative estimate of drug-likeness (QED) is 0.655. The van der Waals surface area contributed by atoms with Crippen molar-refractivity contribution in [2.75, 3.05) is 21.3 Å². The maximum absolute atomic E-state index is 12.4.